The van der Waals surface area contributed by atoms with Crippen LogP contribution in [-0.4, -0.2) is 34.7 Å². The number of hydrogen-bond acceptors (Lipinski definition) is 6. The van der Waals surface area contributed by atoms with Crippen LogP contribution >= 0.6 is 11.8 Å². The first-order chi connectivity index (χ1) is 22.1. The normalized spacial score (nSPS) is 14.8. The van der Waals surface area contributed by atoms with Gasteiger partial charge in [0.1, 0.15) is 5.70 Å². The second-order valence-electron chi connectivity index (χ2n) is 11.2. The molecule has 8 nitrogen and oxygen atoms in total. The third-order valence-electron chi connectivity index (χ3n) is 7.45. The number of hydrogen-bond donors (Lipinski definition) is 2. The quantitative estimate of drug-likeness (QED) is 0.113. The van der Waals surface area contributed by atoms with Crippen LogP contribution in [0.25, 0.3) is 6.08 Å². The Hall–Kier alpha value is -5.28. The van der Waals surface area contributed by atoms with Gasteiger partial charge >= 0.3 is 0 Å². The van der Waals surface area contributed by atoms with E-state index in [0.717, 1.165) is 16.0 Å². The van der Waals surface area contributed by atoms with Crippen LogP contribution in [0.1, 0.15) is 65.0 Å². The Bertz CT molecular complexity index is 1820. The number of Topliss-reactive ketones (excluding diaryl/α,β-unsaturated/α-hetero) is 1. The number of amides is 4. The minimum atomic E-state index is -0.652. The van der Waals surface area contributed by atoms with Crippen molar-refractivity contribution in [2.24, 2.45) is 0 Å². The Kier molecular flexibility index (Phi) is 9.93. The maximum absolute atomic E-state index is 13.5. The van der Waals surface area contributed by atoms with Crippen molar-refractivity contribution < 1.29 is 24.0 Å². The van der Waals surface area contributed by atoms with Crippen LogP contribution in [0.2, 0.25) is 0 Å². The molecule has 0 radical (unpaired) electrons. The predicted molar refractivity (Wildman–Crippen MR) is 181 cm³/mol. The summed E-state index contributed by atoms with van der Waals surface area (Å²) in [5.41, 5.74) is 3.74. The van der Waals surface area contributed by atoms with Crippen molar-refractivity contribution in [2.45, 2.75) is 43.3 Å². The number of benzene rings is 4. The molecule has 1 unspecified atom stereocenters. The van der Waals surface area contributed by atoms with Crippen molar-refractivity contribution in [2.75, 3.05) is 10.2 Å². The number of anilines is 2. The van der Waals surface area contributed by atoms with Crippen LogP contribution in [0, 0.1) is 0 Å². The van der Waals surface area contributed by atoms with Crippen LogP contribution in [0.15, 0.2) is 114 Å². The predicted octanol–water partition coefficient (Wildman–Crippen LogP) is 6.85. The van der Waals surface area contributed by atoms with E-state index in [1.165, 1.54) is 18.7 Å². The van der Waals surface area contributed by atoms with E-state index < -0.39 is 17.1 Å². The minimum Gasteiger partial charge on any atom is -0.321 e. The summed E-state index contributed by atoms with van der Waals surface area (Å²) in [6.07, 6.45) is 1.64. The highest BCUT2D eigenvalue weighted by atomic mass is 32.2. The lowest BCUT2D eigenvalue weighted by Crippen LogP contribution is -2.31. The van der Waals surface area contributed by atoms with E-state index in [-0.39, 0.29) is 29.7 Å². The smallest absolute Gasteiger partial charge is 0.272 e. The molecule has 46 heavy (non-hydrogen) atoms. The summed E-state index contributed by atoms with van der Waals surface area (Å²) >= 11 is 1.23. The highest BCUT2D eigenvalue weighted by molar-refractivity contribution is 8.00. The van der Waals surface area contributed by atoms with Crippen molar-refractivity contribution in [1.82, 2.24) is 5.32 Å². The molecule has 4 aromatic carbocycles. The maximum atomic E-state index is 13.5. The number of nitrogens with one attached hydrogen (secondary N) is 2. The Balaban J connectivity index is 1.32. The van der Waals surface area contributed by atoms with Gasteiger partial charge in [0.2, 0.25) is 11.8 Å². The third-order valence-corrected chi connectivity index (χ3v) is 8.63. The molecule has 0 aliphatic carbocycles. The molecule has 0 spiro atoms. The van der Waals surface area contributed by atoms with Gasteiger partial charge in [-0.1, -0.05) is 62.4 Å². The molecule has 9 heteroatoms. The van der Waals surface area contributed by atoms with E-state index in [1.807, 2.05) is 24.3 Å². The molecule has 5 rings (SSSR count). The summed E-state index contributed by atoms with van der Waals surface area (Å²) in [5.74, 6) is -1.37. The average Bonchev–Trinajstić information content (AvgIpc) is 3.33. The molecular formula is C37H33N3O5S. The van der Waals surface area contributed by atoms with Gasteiger partial charge in [0.15, 0.2) is 5.78 Å². The van der Waals surface area contributed by atoms with Crippen LogP contribution in [0.4, 0.5) is 11.4 Å². The topological polar surface area (TPSA) is 113 Å². The van der Waals surface area contributed by atoms with E-state index in [4.69, 9.17) is 0 Å². The van der Waals surface area contributed by atoms with Gasteiger partial charge in [0, 0.05) is 28.1 Å². The summed E-state index contributed by atoms with van der Waals surface area (Å²) < 4.78 is 0. The first-order valence-corrected chi connectivity index (χ1v) is 15.7. The molecule has 1 heterocycles. The molecule has 4 amide bonds. The van der Waals surface area contributed by atoms with E-state index >= 15 is 0 Å². The molecule has 0 bridgehead atoms. The molecule has 0 saturated carbocycles. The number of ketones is 1. The first kappa shape index (κ1) is 32.1. The second-order valence-corrected chi connectivity index (χ2v) is 12.4. The van der Waals surface area contributed by atoms with Gasteiger partial charge in [-0.05, 0) is 84.6 Å². The number of rotatable bonds is 10. The molecule has 0 aromatic heterocycles. The monoisotopic (exact) mass is 631 g/mol. The Morgan fingerprint density at radius 2 is 1.54 bits per heavy atom. The van der Waals surface area contributed by atoms with Gasteiger partial charge in [-0.25, -0.2) is 4.90 Å². The molecule has 1 fully saturated rings. The minimum absolute atomic E-state index is 0.0164. The Morgan fingerprint density at radius 1 is 0.848 bits per heavy atom. The van der Waals surface area contributed by atoms with Crippen molar-refractivity contribution in [3.05, 3.63) is 131 Å². The summed E-state index contributed by atoms with van der Waals surface area (Å²) in [7, 11) is 0. The molecule has 2 N–H and O–H groups in total. The van der Waals surface area contributed by atoms with Gasteiger partial charge in [-0.15, -0.1) is 11.8 Å². The maximum Gasteiger partial charge on any atom is 0.272 e. The molecule has 232 valence electrons. The molecule has 4 aromatic rings. The summed E-state index contributed by atoms with van der Waals surface area (Å²) in [6, 6.07) is 29.8. The Labute approximate surface area is 271 Å². The number of carbonyl (C=O) groups is 5. The standard InChI is InChI=1S/C37H33N3O5S/c1-23(2)26-14-12-25(13-15-26)20-32(39-35(43)28-8-5-4-6-9-28)36(44)38-29-10-7-11-31(21-29)46-33-22-34(42)40(37(33)45)30-18-16-27(17-19-30)24(3)41/h4-21,23,33H,22H2,1-3H3,(H,38,44)(H,39,43)/b32-20-. The number of carbonyl (C=O) groups excluding carboxylic acids is 5. The van der Waals surface area contributed by atoms with Gasteiger partial charge in [0.05, 0.1) is 10.9 Å². The van der Waals surface area contributed by atoms with Crippen molar-refractivity contribution in [3.63, 3.8) is 0 Å². The summed E-state index contributed by atoms with van der Waals surface area (Å²) in [4.78, 5) is 66.1. The molecule has 1 aliphatic rings. The van der Waals surface area contributed by atoms with E-state index in [1.54, 1.807) is 84.9 Å². The SMILES string of the molecule is CC(=O)c1ccc(N2C(=O)CC(Sc3cccc(NC(=O)/C(=C/c4ccc(C(C)C)cc4)NC(=O)c4ccccc4)c3)C2=O)cc1. The first-order valence-electron chi connectivity index (χ1n) is 14.8. The molecular weight excluding hydrogens is 598 g/mol. The van der Waals surface area contributed by atoms with Crippen LogP contribution in [0.3, 0.4) is 0 Å². The van der Waals surface area contributed by atoms with Crippen molar-refractivity contribution in [1.29, 1.82) is 0 Å². The van der Waals surface area contributed by atoms with E-state index in [9.17, 15) is 24.0 Å². The van der Waals surface area contributed by atoms with Crippen molar-refractivity contribution >= 4 is 58.6 Å². The molecule has 1 aliphatic heterocycles. The zero-order chi connectivity index (χ0) is 32.8. The summed E-state index contributed by atoms with van der Waals surface area (Å²) in [6.45, 7) is 5.65. The molecule has 1 atom stereocenters. The highest BCUT2D eigenvalue weighted by Gasteiger charge is 2.40. The lowest BCUT2D eigenvalue weighted by atomic mass is 10.0. The number of thioether (sulfide) groups is 1. The third kappa shape index (κ3) is 7.68. The fourth-order valence-corrected chi connectivity index (χ4v) is 6.02. The number of imide groups is 1. The summed E-state index contributed by atoms with van der Waals surface area (Å²) in [5, 5.41) is 4.96. The second kappa shape index (κ2) is 14.2. The largest absolute Gasteiger partial charge is 0.321 e. The van der Waals surface area contributed by atoms with Crippen molar-refractivity contribution in [3.8, 4) is 0 Å². The lowest BCUT2D eigenvalue weighted by molar-refractivity contribution is -0.121. The van der Waals surface area contributed by atoms with Crippen LogP contribution < -0.4 is 15.5 Å². The van der Waals surface area contributed by atoms with E-state index in [2.05, 4.69) is 24.5 Å². The van der Waals surface area contributed by atoms with Gasteiger partial charge in [-0.2, -0.15) is 0 Å². The van der Waals surface area contributed by atoms with Gasteiger partial charge in [-0.3, -0.25) is 24.0 Å². The van der Waals surface area contributed by atoms with Gasteiger partial charge in [0.25, 0.3) is 11.8 Å². The van der Waals surface area contributed by atoms with Crippen LogP contribution in [-0.2, 0) is 14.4 Å². The fraction of sp³-hybridized carbons (Fsp3) is 0.162. The highest BCUT2D eigenvalue weighted by Crippen LogP contribution is 2.35. The lowest BCUT2D eigenvalue weighted by Gasteiger charge is -2.15. The van der Waals surface area contributed by atoms with E-state index in [0.29, 0.717) is 33.3 Å². The Morgan fingerprint density at radius 3 is 2.20 bits per heavy atom. The molecule has 1 saturated heterocycles. The zero-order valence-electron chi connectivity index (χ0n) is 25.7. The van der Waals surface area contributed by atoms with Gasteiger partial charge < -0.3 is 10.6 Å². The number of nitrogens with zero attached hydrogens (tertiary/aromatic N) is 1. The fourth-order valence-electron chi connectivity index (χ4n) is 4.91. The average molecular weight is 632 g/mol. The van der Waals surface area contributed by atoms with Crippen LogP contribution in [0.5, 0.6) is 0 Å². The zero-order valence-corrected chi connectivity index (χ0v) is 26.5.